The van der Waals surface area contributed by atoms with E-state index in [9.17, 15) is 14.7 Å². The van der Waals surface area contributed by atoms with Crippen LogP contribution in [0, 0.1) is 0 Å². The third kappa shape index (κ3) is 3.94. The molecule has 1 atom stereocenters. The second-order valence-corrected chi connectivity index (χ2v) is 6.55. The number of carbonyl (C=O) groups is 2. The molecule has 2 rings (SSSR count). The van der Waals surface area contributed by atoms with Gasteiger partial charge in [0.1, 0.15) is 6.04 Å². The molecule has 1 aromatic carbocycles. The SMILES string of the molecule is CSCC[C@H](NC(=O)N(C)C1Cc2ccccc2C1)C(=O)O. The van der Waals surface area contributed by atoms with Gasteiger partial charge < -0.3 is 15.3 Å². The number of hydrogen-bond acceptors (Lipinski definition) is 3. The zero-order valence-corrected chi connectivity index (χ0v) is 13.7. The van der Waals surface area contributed by atoms with Crippen molar-refractivity contribution >= 4 is 23.8 Å². The molecule has 0 heterocycles. The number of likely N-dealkylation sites (N-methyl/N-ethyl adjacent to an activating group) is 1. The molecule has 5 nitrogen and oxygen atoms in total. The van der Waals surface area contributed by atoms with Crippen molar-refractivity contribution in [2.45, 2.75) is 31.3 Å². The standard InChI is InChI=1S/C16H22N2O3S/c1-18(13-9-11-5-3-4-6-12(11)10-13)16(21)17-14(15(19)20)7-8-22-2/h3-6,13-14H,7-10H2,1-2H3,(H,17,21)(H,19,20)/t14-/m0/s1. The number of aliphatic carboxylic acids is 1. The number of urea groups is 1. The fraction of sp³-hybridized carbons (Fsp3) is 0.500. The summed E-state index contributed by atoms with van der Waals surface area (Å²) in [5.74, 6) is -0.277. The Morgan fingerprint density at radius 1 is 1.36 bits per heavy atom. The van der Waals surface area contributed by atoms with Crippen LogP contribution >= 0.6 is 11.8 Å². The molecule has 1 aliphatic rings. The van der Waals surface area contributed by atoms with Crippen molar-refractivity contribution in [3.63, 3.8) is 0 Å². The summed E-state index contributed by atoms with van der Waals surface area (Å²) in [6, 6.07) is 7.12. The molecule has 0 saturated carbocycles. The van der Waals surface area contributed by atoms with E-state index >= 15 is 0 Å². The van der Waals surface area contributed by atoms with Gasteiger partial charge in [0.05, 0.1) is 0 Å². The van der Waals surface area contributed by atoms with E-state index < -0.39 is 12.0 Å². The molecular weight excluding hydrogens is 300 g/mol. The molecule has 0 aromatic heterocycles. The number of hydrogen-bond donors (Lipinski definition) is 2. The first-order valence-electron chi connectivity index (χ1n) is 7.34. The van der Waals surface area contributed by atoms with E-state index in [-0.39, 0.29) is 12.1 Å². The largest absolute Gasteiger partial charge is 0.480 e. The van der Waals surface area contributed by atoms with Crippen LogP contribution in [-0.2, 0) is 17.6 Å². The Balaban J connectivity index is 1.94. The minimum absolute atomic E-state index is 0.0902. The molecule has 22 heavy (non-hydrogen) atoms. The third-order valence-electron chi connectivity index (χ3n) is 4.10. The van der Waals surface area contributed by atoms with Crippen LogP contribution in [0.4, 0.5) is 4.79 Å². The second-order valence-electron chi connectivity index (χ2n) is 5.56. The molecular formula is C16H22N2O3S. The molecule has 1 aromatic rings. The van der Waals surface area contributed by atoms with Crippen molar-refractivity contribution in [1.82, 2.24) is 10.2 Å². The summed E-state index contributed by atoms with van der Waals surface area (Å²) in [4.78, 5) is 25.2. The van der Waals surface area contributed by atoms with E-state index in [1.165, 1.54) is 11.1 Å². The van der Waals surface area contributed by atoms with Gasteiger partial charge in [-0.3, -0.25) is 0 Å². The zero-order chi connectivity index (χ0) is 16.1. The summed E-state index contributed by atoms with van der Waals surface area (Å²) < 4.78 is 0. The van der Waals surface area contributed by atoms with Crippen LogP contribution in [-0.4, -0.2) is 53.1 Å². The van der Waals surface area contributed by atoms with Crippen LogP contribution < -0.4 is 5.32 Å². The van der Waals surface area contributed by atoms with E-state index in [0.717, 1.165) is 12.8 Å². The van der Waals surface area contributed by atoms with E-state index in [1.54, 1.807) is 23.7 Å². The van der Waals surface area contributed by atoms with Crippen molar-refractivity contribution in [3.05, 3.63) is 35.4 Å². The summed E-state index contributed by atoms with van der Waals surface area (Å²) in [5, 5.41) is 11.8. The molecule has 0 bridgehead atoms. The van der Waals surface area contributed by atoms with Gasteiger partial charge in [0.15, 0.2) is 0 Å². The average molecular weight is 322 g/mol. The molecule has 2 amide bonds. The fourth-order valence-electron chi connectivity index (χ4n) is 2.72. The second kappa shape index (κ2) is 7.54. The normalized spacial score (nSPS) is 15.2. The van der Waals surface area contributed by atoms with Gasteiger partial charge in [-0.15, -0.1) is 0 Å². The number of carboxylic acids is 1. The number of carboxylic acid groups (broad SMARTS) is 1. The predicted octanol–water partition coefficient (Wildman–Crippen LogP) is 2.00. The molecule has 6 heteroatoms. The summed E-state index contributed by atoms with van der Waals surface area (Å²) in [7, 11) is 1.74. The first-order valence-corrected chi connectivity index (χ1v) is 8.74. The van der Waals surface area contributed by atoms with Crippen molar-refractivity contribution in [3.8, 4) is 0 Å². The van der Waals surface area contributed by atoms with E-state index in [0.29, 0.717) is 12.2 Å². The fourth-order valence-corrected chi connectivity index (χ4v) is 3.19. The van der Waals surface area contributed by atoms with Gasteiger partial charge in [-0.2, -0.15) is 11.8 Å². The van der Waals surface area contributed by atoms with Crippen LogP contribution in [0.3, 0.4) is 0 Å². The molecule has 0 unspecified atom stereocenters. The lowest BCUT2D eigenvalue weighted by Crippen LogP contribution is -2.50. The summed E-state index contributed by atoms with van der Waals surface area (Å²) in [5.41, 5.74) is 2.54. The highest BCUT2D eigenvalue weighted by molar-refractivity contribution is 7.98. The molecule has 0 fully saturated rings. The quantitative estimate of drug-likeness (QED) is 0.840. The van der Waals surface area contributed by atoms with E-state index in [1.807, 2.05) is 18.4 Å². The molecule has 0 saturated heterocycles. The minimum atomic E-state index is -0.981. The molecule has 120 valence electrons. The van der Waals surface area contributed by atoms with Crippen molar-refractivity contribution in [2.75, 3.05) is 19.1 Å². The number of carbonyl (C=O) groups excluding carboxylic acids is 1. The molecule has 0 spiro atoms. The number of nitrogens with zero attached hydrogens (tertiary/aromatic N) is 1. The number of rotatable bonds is 6. The van der Waals surface area contributed by atoms with Gasteiger partial charge in [0, 0.05) is 13.1 Å². The smallest absolute Gasteiger partial charge is 0.326 e. The van der Waals surface area contributed by atoms with Gasteiger partial charge >= 0.3 is 12.0 Å². The maximum atomic E-state index is 12.3. The lowest BCUT2D eigenvalue weighted by Gasteiger charge is -2.26. The first kappa shape index (κ1) is 16.7. The predicted molar refractivity (Wildman–Crippen MR) is 88.4 cm³/mol. The van der Waals surface area contributed by atoms with Gasteiger partial charge in [-0.1, -0.05) is 24.3 Å². The Hall–Kier alpha value is -1.69. The zero-order valence-electron chi connectivity index (χ0n) is 12.9. The highest BCUT2D eigenvalue weighted by Crippen LogP contribution is 2.24. The first-order chi connectivity index (χ1) is 10.5. The Kier molecular flexibility index (Phi) is 5.71. The van der Waals surface area contributed by atoms with Gasteiger partial charge in [0.25, 0.3) is 0 Å². The monoisotopic (exact) mass is 322 g/mol. The van der Waals surface area contributed by atoms with Crippen LogP contribution in [0.5, 0.6) is 0 Å². The van der Waals surface area contributed by atoms with Crippen LogP contribution in [0.2, 0.25) is 0 Å². The average Bonchev–Trinajstić information content (AvgIpc) is 2.94. The van der Waals surface area contributed by atoms with E-state index in [4.69, 9.17) is 0 Å². The van der Waals surface area contributed by atoms with Gasteiger partial charge in [-0.25, -0.2) is 9.59 Å². The van der Waals surface area contributed by atoms with Crippen LogP contribution in [0.25, 0.3) is 0 Å². The third-order valence-corrected chi connectivity index (χ3v) is 4.75. The summed E-state index contributed by atoms with van der Waals surface area (Å²) in [6.07, 6.45) is 3.99. The molecule has 0 radical (unpaired) electrons. The molecule has 0 aliphatic heterocycles. The number of fused-ring (bicyclic) bond motifs is 1. The number of benzene rings is 1. The van der Waals surface area contributed by atoms with Crippen molar-refractivity contribution in [2.24, 2.45) is 0 Å². The van der Waals surface area contributed by atoms with Crippen molar-refractivity contribution in [1.29, 1.82) is 0 Å². The topological polar surface area (TPSA) is 69.6 Å². The van der Waals surface area contributed by atoms with Crippen LogP contribution in [0.15, 0.2) is 24.3 Å². The minimum Gasteiger partial charge on any atom is -0.480 e. The summed E-state index contributed by atoms with van der Waals surface area (Å²) in [6.45, 7) is 0. The maximum Gasteiger partial charge on any atom is 0.326 e. The summed E-state index contributed by atoms with van der Waals surface area (Å²) >= 11 is 1.57. The highest BCUT2D eigenvalue weighted by atomic mass is 32.2. The number of nitrogens with one attached hydrogen (secondary N) is 1. The lowest BCUT2D eigenvalue weighted by molar-refractivity contribution is -0.139. The molecule has 2 N–H and O–H groups in total. The number of amides is 2. The Morgan fingerprint density at radius 3 is 2.45 bits per heavy atom. The Labute approximate surface area is 135 Å². The lowest BCUT2D eigenvalue weighted by atomic mass is 10.1. The number of thioether (sulfide) groups is 1. The van der Waals surface area contributed by atoms with Crippen LogP contribution in [0.1, 0.15) is 17.5 Å². The highest BCUT2D eigenvalue weighted by Gasteiger charge is 2.29. The Morgan fingerprint density at radius 2 is 1.95 bits per heavy atom. The van der Waals surface area contributed by atoms with Gasteiger partial charge in [0.2, 0.25) is 0 Å². The molecule has 1 aliphatic carbocycles. The van der Waals surface area contributed by atoms with Gasteiger partial charge in [-0.05, 0) is 42.4 Å². The Bertz CT molecular complexity index is 525. The van der Waals surface area contributed by atoms with E-state index in [2.05, 4.69) is 17.4 Å². The van der Waals surface area contributed by atoms with Crippen molar-refractivity contribution < 1.29 is 14.7 Å². The maximum absolute atomic E-state index is 12.3.